The van der Waals surface area contributed by atoms with E-state index >= 15 is 0 Å². The number of likely N-dealkylation sites (tertiary alicyclic amines) is 1. The van der Waals surface area contributed by atoms with Gasteiger partial charge in [0.15, 0.2) is 0 Å². The lowest BCUT2D eigenvalue weighted by Crippen LogP contribution is -2.36. The van der Waals surface area contributed by atoms with E-state index in [1.807, 2.05) is 12.1 Å². The van der Waals surface area contributed by atoms with E-state index in [-0.39, 0.29) is 0 Å². The average Bonchev–Trinajstić information content (AvgIpc) is 2.80. The topological polar surface area (TPSA) is 23.5 Å². The Kier molecular flexibility index (Phi) is 3.53. The van der Waals surface area contributed by atoms with Gasteiger partial charge in [0.2, 0.25) is 0 Å². The smallest absolute Gasteiger partial charge is 0.119 e. The first-order chi connectivity index (χ1) is 9.16. The first kappa shape index (κ1) is 13.0. The third kappa shape index (κ3) is 2.38. The molecule has 0 aromatic heterocycles. The van der Waals surface area contributed by atoms with Crippen LogP contribution >= 0.6 is 0 Å². The molecule has 19 heavy (non-hydrogen) atoms. The predicted molar refractivity (Wildman–Crippen MR) is 78.6 cm³/mol. The fourth-order valence-electron chi connectivity index (χ4n) is 3.87. The highest BCUT2D eigenvalue weighted by molar-refractivity contribution is 5.44. The van der Waals surface area contributed by atoms with Crippen LogP contribution < -0.4 is 0 Å². The number of phenols is 1. The molecule has 0 amide bonds. The molecule has 0 saturated carbocycles. The summed E-state index contributed by atoms with van der Waals surface area (Å²) in [6, 6.07) is 6.79. The van der Waals surface area contributed by atoms with Gasteiger partial charge in [-0.05, 0) is 61.9 Å². The van der Waals surface area contributed by atoms with Crippen LogP contribution in [-0.4, -0.2) is 29.1 Å². The number of hydrogen-bond acceptors (Lipinski definition) is 2. The Balaban J connectivity index is 1.78. The minimum absolute atomic E-state index is 0.511. The third-order valence-corrected chi connectivity index (χ3v) is 4.93. The van der Waals surface area contributed by atoms with Gasteiger partial charge < -0.3 is 5.11 Å². The summed E-state index contributed by atoms with van der Waals surface area (Å²) >= 11 is 0. The molecule has 1 heterocycles. The van der Waals surface area contributed by atoms with Gasteiger partial charge >= 0.3 is 0 Å². The standard InChI is InChI=1S/C17H25NO/c1-12(2)8-10-18-11-9-14-13-4-3-5-17(19)15(13)6-7-16(14)18/h3-5,12,14,16,19H,6-11H2,1-2H3/t14-,16+/m1/s1. The molecule has 0 unspecified atom stereocenters. The fraction of sp³-hybridized carbons (Fsp3) is 0.647. The van der Waals surface area contributed by atoms with Gasteiger partial charge in [0.1, 0.15) is 5.75 Å². The number of nitrogens with zero attached hydrogens (tertiary/aromatic N) is 1. The molecule has 2 aliphatic rings. The van der Waals surface area contributed by atoms with Crippen molar-refractivity contribution < 1.29 is 5.11 Å². The molecule has 2 nitrogen and oxygen atoms in total. The zero-order valence-electron chi connectivity index (χ0n) is 12.1. The van der Waals surface area contributed by atoms with E-state index in [9.17, 15) is 5.11 Å². The van der Waals surface area contributed by atoms with Crippen molar-refractivity contribution in [2.75, 3.05) is 13.1 Å². The zero-order valence-corrected chi connectivity index (χ0v) is 12.1. The van der Waals surface area contributed by atoms with E-state index in [1.54, 1.807) is 0 Å². The Hall–Kier alpha value is -1.02. The molecule has 1 fully saturated rings. The SMILES string of the molecule is CC(C)CCN1CC[C@@H]2c3cccc(O)c3CC[C@@H]21. The molecule has 0 radical (unpaired) electrons. The molecule has 0 bridgehead atoms. The number of fused-ring (bicyclic) bond motifs is 3. The summed E-state index contributed by atoms with van der Waals surface area (Å²) in [4.78, 5) is 2.69. The van der Waals surface area contributed by atoms with Crippen LogP contribution in [-0.2, 0) is 6.42 Å². The lowest BCUT2D eigenvalue weighted by molar-refractivity contribution is 0.215. The Labute approximate surface area is 116 Å². The third-order valence-electron chi connectivity index (χ3n) is 4.93. The van der Waals surface area contributed by atoms with Crippen LogP contribution in [0.3, 0.4) is 0 Å². The zero-order chi connectivity index (χ0) is 13.4. The van der Waals surface area contributed by atoms with Crippen molar-refractivity contribution >= 4 is 0 Å². The quantitative estimate of drug-likeness (QED) is 0.897. The van der Waals surface area contributed by atoms with E-state index in [4.69, 9.17) is 0 Å². The van der Waals surface area contributed by atoms with Crippen molar-refractivity contribution in [1.29, 1.82) is 0 Å². The Morgan fingerprint density at radius 3 is 2.95 bits per heavy atom. The van der Waals surface area contributed by atoms with Crippen molar-refractivity contribution in [3.63, 3.8) is 0 Å². The molecule has 1 aromatic carbocycles. The van der Waals surface area contributed by atoms with Crippen LogP contribution in [0, 0.1) is 5.92 Å². The maximum atomic E-state index is 10.0. The highest BCUT2D eigenvalue weighted by Crippen LogP contribution is 2.43. The Morgan fingerprint density at radius 2 is 2.16 bits per heavy atom. The molecule has 1 N–H and O–H groups in total. The maximum Gasteiger partial charge on any atom is 0.119 e. The van der Waals surface area contributed by atoms with Gasteiger partial charge in [-0.1, -0.05) is 26.0 Å². The molecular formula is C17H25NO. The van der Waals surface area contributed by atoms with E-state index in [1.165, 1.54) is 43.5 Å². The molecule has 1 aromatic rings. The molecule has 104 valence electrons. The number of phenolic OH excluding ortho intramolecular Hbond substituents is 1. The lowest BCUT2D eigenvalue weighted by Gasteiger charge is -2.34. The summed E-state index contributed by atoms with van der Waals surface area (Å²) in [5.74, 6) is 1.96. The molecule has 0 spiro atoms. The summed E-state index contributed by atoms with van der Waals surface area (Å²) in [5.41, 5.74) is 2.64. The van der Waals surface area contributed by atoms with Gasteiger partial charge in [-0.15, -0.1) is 0 Å². The normalized spacial score (nSPS) is 26.5. The minimum atomic E-state index is 0.511. The van der Waals surface area contributed by atoms with Crippen LogP contribution in [0.5, 0.6) is 5.75 Å². The molecule has 1 aliphatic heterocycles. The summed E-state index contributed by atoms with van der Waals surface area (Å²) in [5, 5.41) is 10.0. The highest BCUT2D eigenvalue weighted by Gasteiger charge is 2.38. The minimum Gasteiger partial charge on any atom is -0.508 e. The summed E-state index contributed by atoms with van der Waals surface area (Å²) < 4.78 is 0. The van der Waals surface area contributed by atoms with Crippen LogP contribution in [0.15, 0.2) is 18.2 Å². The Bertz CT molecular complexity index is 455. The van der Waals surface area contributed by atoms with E-state index in [2.05, 4.69) is 24.8 Å². The molecular weight excluding hydrogens is 234 g/mol. The van der Waals surface area contributed by atoms with Gasteiger partial charge in [0.25, 0.3) is 0 Å². The lowest BCUT2D eigenvalue weighted by atomic mass is 9.79. The summed E-state index contributed by atoms with van der Waals surface area (Å²) in [7, 11) is 0. The second-order valence-electron chi connectivity index (χ2n) is 6.56. The number of hydrogen-bond donors (Lipinski definition) is 1. The van der Waals surface area contributed by atoms with E-state index in [0.29, 0.717) is 17.7 Å². The predicted octanol–water partition coefficient (Wildman–Crippen LogP) is 3.54. The van der Waals surface area contributed by atoms with Crippen LogP contribution in [0.4, 0.5) is 0 Å². The summed E-state index contributed by atoms with van der Waals surface area (Å²) in [6.07, 6.45) is 4.82. The monoisotopic (exact) mass is 259 g/mol. The molecule has 1 aliphatic carbocycles. The molecule has 3 rings (SSSR count). The largest absolute Gasteiger partial charge is 0.508 e. The number of benzene rings is 1. The van der Waals surface area contributed by atoms with Gasteiger partial charge in [0.05, 0.1) is 0 Å². The van der Waals surface area contributed by atoms with Gasteiger partial charge in [0, 0.05) is 12.0 Å². The maximum absolute atomic E-state index is 10.0. The first-order valence-corrected chi connectivity index (χ1v) is 7.71. The van der Waals surface area contributed by atoms with E-state index in [0.717, 1.165) is 12.3 Å². The molecule has 2 atom stereocenters. The number of aromatic hydroxyl groups is 1. The number of rotatable bonds is 3. The van der Waals surface area contributed by atoms with Gasteiger partial charge in [-0.3, -0.25) is 4.90 Å². The van der Waals surface area contributed by atoms with Crippen molar-refractivity contribution in [3.05, 3.63) is 29.3 Å². The first-order valence-electron chi connectivity index (χ1n) is 7.71. The van der Waals surface area contributed by atoms with Crippen molar-refractivity contribution in [2.45, 2.75) is 51.5 Å². The highest BCUT2D eigenvalue weighted by atomic mass is 16.3. The van der Waals surface area contributed by atoms with Gasteiger partial charge in [-0.2, -0.15) is 0 Å². The summed E-state index contributed by atoms with van der Waals surface area (Å²) in [6.45, 7) is 7.09. The van der Waals surface area contributed by atoms with Crippen LogP contribution in [0.25, 0.3) is 0 Å². The molecule has 1 saturated heterocycles. The van der Waals surface area contributed by atoms with Crippen molar-refractivity contribution in [1.82, 2.24) is 4.90 Å². The second-order valence-corrected chi connectivity index (χ2v) is 6.56. The second kappa shape index (κ2) is 5.16. The fourth-order valence-corrected chi connectivity index (χ4v) is 3.87. The van der Waals surface area contributed by atoms with Crippen LogP contribution in [0.1, 0.15) is 50.2 Å². The average molecular weight is 259 g/mol. The van der Waals surface area contributed by atoms with Crippen molar-refractivity contribution in [2.24, 2.45) is 5.92 Å². The van der Waals surface area contributed by atoms with Crippen LogP contribution in [0.2, 0.25) is 0 Å². The van der Waals surface area contributed by atoms with Crippen molar-refractivity contribution in [3.8, 4) is 5.75 Å². The molecule has 2 heteroatoms. The Morgan fingerprint density at radius 1 is 1.32 bits per heavy atom. The van der Waals surface area contributed by atoms with E-state index < -0.39 is 0 Å². The van der Waals surface area contributed by atoms with Gasteiger partial charge in [-0.25, -0.2) is 0 Å².